The molecule has 1 atom stereocenters. The van der Waals surface area contributed by atoms with Gasteiger partial charge in [0.1, 0.15) is 11.5 Å². The number of hydrogen-bond donors (Lipinski definition) is 3. The number of likely N-dealkylation sites (tertiary alicyclic amines) is 1. The Hall–Kier alpha value is -4.48. The highest BCUT2D eigenvalue weighted by molar-refractivity contribution is 7.89. The van der Waals surface area contributed by atoms with Crippen molar-refractivity contribution in [3.05, 3.63) is 84.6 Å². The molecule has 0 spiro atoms. The van der Waals surface area contributed by atoms with Crippen molar-refractivity contribution in [3.8, 4) is 11.3 Å². The number of carboxylic acid groups (broad SMARTS) is 1. The van der Waals surface area contributed by atoms with Crippen LogP contribution in [0.2, 0.25) is 0 Å². The predicted octanol–water partition coefficient (Wildman–Crippen LogP) is 4.63. The third-order valence-corrected chi connectivity index (χ3v) is 8.85. The van der Waals surface area contributed by atoms with E-state index in [4.69, 9.17) is 10.8 Å². The van der Waals surface area contributed by atoms with Gasteiger partial charge in [-0.3, -0.25) is 4.68 Å². The summed E-state index contributed by atoms with van der Waals surface area (Å²) in [4.78, 5) is 17.5. The van der Waals surface area contributed by atoms with Crippen molar-refractivity contribution in [2.24, 2.45) is 0 Å². The number of nitrogens with two attached hydrogens (primary N) is 1. The molecule has 40 heavy (non-hydrogen) atoms. The molecule has 1 amide bonds. The van der Waals surface area contributed by atoms with Crippen LogP contribution in [0.4, 0.5) is 10.6 Å². The third-order valence-electron chi connectivity index (χ3n) is 7.40. The second-order valence-corrected chi connectivity index (χ2v) is 11.6. The molecule has 1 fully saturated rings. The first-order chi connectivity index (χ1) is 19.3. The molecule has 5 aromatic rings. The summed E-state index contributed by atoms with van der Waals surface area (Å²) in [5.74, 6) is 0.344. The highest BCUT2D eigenvalue weighted by atomic mass is 32.2. The van der Waals surface area contributed by atoms with Gasteiger partial charge in [0.2, 0.25) is 10.0 Å². The van der Waals surface area contributed by atoms with E-state index < -0.39 is 16.1 Å². The van der Waals surface area contributed by atoms with Crippen LogP contribution in [0.15, 0.2) is 83.9 Å². The molecule has 0 bridgehead atoms. The van der Waals surface area contributed by atoms with Crippen LogP contribution in [0.3, 0.4) is 0 Å². The molecule has 204 valence electrons. The van der Waals surface area contributed by atoms with Gasteiger partial charge in [-0.05, 0) is 35.9 Å². The van der Waals surface area contributed by atoms with Crippen molar-refractivity contribution in [1.29, 1.82) is 0 Å². The number of pyridine rings is 1. The van der Waals surface area contributed by atoms with Gasteiger partial charge in [-0.1, -0.05) is 60.7 Å². The lowest BCUT2D eigenvalue weighted by atomic mass is 10.1. The van der Waals surface area contributed by atoms with E-state index in [9.17, 15) is 18.3 Å². The molecule has 3 aromatic carbocycles. The smallest absolute Gasteiger partial charge is 0.407 e. The Balaban J connectivity index is 1.27. The molecule has 1 aliphatic rings. The summed E-state index contributed by atoms with van der Waals surface area (Å²) in [6.07, 6.45) is 2.24. The average Bonchev–Trinajstić information content (AvgIpc) is 3.37. The van der Waals surface area contributed by atoms with E-state index in [0.717, 1.165) is 34.9 Å². The lowest BCUT2D eigenvalue weighted by Gasteiger charge is -2.31. The minimum absolute atomic E-state index is 0.120. The molecule has 2 aromatic heterocycles. The summed E-state index contributed by atoms with van der Waals surface area (Å²) < 4.78 is 30.8. The van der Waals surface area contributed by atoms with E-state index in [1.54, 1.807) is 24.4 Å². The van der Waals surface area contributed by atoms with Gasteiger partial charge < -0.3 is 15.7 Å². The zero-order valence-electron chi connectivity index (χ0n) is 21.6. The standard InChI is InChI=1S/C29H28N6O4S/c30-28-26-24(14-15-31-28)35(22-7-4-16-34(18-22)29(36)37)33-27(26)21-12-10-19(11-13-21)17-32-40(38,39)25-9-3-6-20-5-1-2-8-23(20)25/h1-3,5-6,8-15,22,32H,4,7,16-18H2,(H2,30,31)(H,36,37)/t22-/m1/s1. The number of hydrogen-bond acceptors (Lipinski definition) is 6. The minimum atomic E-state index is -3.74. The highest BCUT2D eigenvalue weighted by Gasteiger charge is 2.28. The number of nitrogens with one attached hydrogen (secondary N) is 1. The number of amides is 1. The second-order valence-electron chi connectivity index (χ2n) is 9.91. The molecular formula is C29H28N6O4S. The largest absolute Gasteiger partial charge is 0.465 e. The van der Waals surface area contributed by atoms with Gasteiger partial charge in [-0.25, -0.2) is 22.9 Å². The Bertz CT molecular complexity index is 1830. The Morgan fingerprint density at radius 1 is 1.05 bits per heavy atom. The van der Waals surface area contributed by atoms with Gasteiger partial charge in [-0.15, -0.1) is 0 Å². The van der Waals surface area contributed by atoms with E-state index >= 15 is 0 Å². The number of carbonyl (C=O) groups is 1. The lowest BCUT2D eigenvalue weighted by Crippen LogP contribution is -2.40. The van der Waals surface area contributed by atoms with Crippen molar-refractivity contribution >= 4 is 43.6 Å². The molecule has 1 saturated heterocycles. The maximum absolute atomic E-state index is 13.1. The van der Waals surface area contributed by atoms with E-state index in [1.807, 2.05) is 59.3 Å². The van der Waals surface area contributed by atoms with Crippen molar-refractivity contribution in [2.75, 3.05) is 18.8 Å². The van der Waals surface area contributed by atoms with Crippen LogP contribution in [0.1, 0.15) is 24.4 Å². The number of piperidine rings is 1. The molecule has 1 aliphatic heterocycles. The molecule has 0 unspecified atom stereocenters. The third kappa shape index (κ3) is 4.74. The normalized spacial score (nSPS) is 16.0. The SMILES string of the molecule is Nc1nccc2c1c(-c1ccc(CNS(=O)(=O)c3cccc4ccccc34)cc1)nn2[C@@H]1CCCN(C(=O)O)C1. The molecule has 10 nitrogen and oxygen atoms in total. The van der Waals surface area contributed by atoms with Crippen molar-refractivity contribution < 1.29 is 18.3 Å². The summed E-state index contributed by atoms with van der Waals surface area (Å²) in [7, 11) is -3.74. The molecule has 0 aliphatic carbocycles. The fourth-order valence-corrected chi connectivity index (χ4v) is 6.63. The van der Waals surface area contributed by atoms with E-state index in [0.29, 0.717) is 35.4 Å². The van der Waals surface area contributed by atoms with Crippen molar-refractivity contribution in [3.63, 3.8) is 0 Å². The predicted molar refractivity (Wildman–Crippen MR) is 153 cm³/mol. The van der Waals surface area contributed by atoms with E-state index in [-0.39, 0.29) is 17.5 Å². The zero-order valence-corrected chi connectivity index (χ0v) is 22.4. The lowest BCUT2D eigenvalue weighted by molar-refractivity contribution is 0.120. The number of aromatic nitrogens is 3. The van der Waals surface area contributed by atoms with E-state index in [1.165, 1.54) is 4.90 Å². The number of anilines is 1. The Labute approximate surface area is 231 Å². The number of sulfonamides is 1. The minimum Gasteiger partial charge on any atom is -0.465 e. The maximum atomic E-state index is 13.1. The van der Waals surface area contributed by atoms with Crippen LogP contribution >= 0.6 is 0 Å². The first kappa shape index (κ1) is 25.8. The topological polar surface area (TPSA) is 143 Å². The first-order valence-corrected chi connectivity index (χ1v) is 14.5. The van der Waals surface area contributed by atoms with Crippen LogP contribution in [0.25, 0.3) is 32.9 Å². The molecule has 0 saturated carbocycles. The summed E-state index contributed by atoms with van der Waals surface area (Å²) in [5.41, 5.74) is 9.32. The van der Waals surface area contributed by atoms with Gasteiger partial charge >= 0.3 is 6.09 Å². The number of fused-ring (bicyclic) bond motifs is 2. The molecule has 11 heteroatoms. The number of nitrogens with zero attached hydrogens (tertiary/aromatic N) is 4. The summed E-state index contributed by atoms with van der Waals surface area (Å²) in [6, 6.07) is 21.8. The number of nitrogen functional groups attached to an aromatic ring is 1. The molecule has 3 heterocycles. The zero-order chi connectivity index (χ0) is 27.9. The Kier molecular flexibility index (Phi) is 6.60. The first-order valence-electron chi connectivity index (χ1n) is 13.0. The van der Waals surface area contributed by atoms with Gasteiger partial charge in [0, 0.05) is 36.8 Å². The monoisotopic (exact) mass is 556 g/mol. The van der Waals surface area contributed by atoms with Gasteiger partial charge in [0.05, 0.1) is 21.8 Å². The fourth-order valence-electron chi connectivity index (χ4n) is 5.39. The van der Waals surface area contributed by atoms with Crippen LogP contribution in [-0.4, -0.2) is 52.4 Å². The van der Waals surface area contributed by atoms with Gasteiger partial charge in [-0.2, -0.15) is 5.10 Å². The number of rotatable bonds is 6. The van der Waals surface area contributed by atoms with Crippen LogP contribution < -0.4 is 10.5 Å². The average molecular weight is 557 g/mol. The Morgan fingerprint density at radius 3 is 2.62 bits per heavy atom. The van der Waals surface area contributed by atoms with Crippen LogP contribution in [-0.2, 0) is 16.6 Å². The van der Waals surface area contributed by atoms with Crippen molar-refractivity contribution in [1.82, 2.24) is 24.4 Å². The van der Waals surface area contributed by atoms with Crippen LogP contribution in [0.5, 0.6) is 0 Å². The molecule has 0 radical (unpaired) electrons. The molecular weight excluding hydrogens is 528 g/mol. The maximum Gasteiger partial charge on any atom is 0.407 e. The van der Waals surface area contributed by atoms with E-state index in [2.05, 4.69) is 9.71 Å². The summed E-state index contributed by atoms with van der Waals surface area (Å²) in [5, 5.41) is 16.6. The van der Waals surface area contributed by atoms with Crippen LogP contribution in [0, 0.1) is 0 Å². The summed E-state index contributed by atoms with van der Waals surface area (Å²) >= 11 is 0. The second kappa shape index (κ2) is 10.2. The van der Waals surface area contributed by atoms with Gasteiger partial charge in [0.15, 0.2) is 0 Å². The molecule has 4 N–H and O–H groups in total. The highest BCUT2D eigenvalue weighted by Crippen LogP contribution is 2.35. The fraction of sp³-hybridized carbons (Fsp3) is 0.207. The molecule has 6 rings (SSSR count). The summed E-state index contributed by atoms with van der Waals surface area (Å²) in [6.45, 7) is 0.981. The Morgan fingerprint density at radius 2 is 1.82 bits per heavy atom. The quantitative estimate of drug-likeness (QED) is 0.277. The van der Waals surface area contributed by atoms with Crippen molar-refractivity contribution in [2.45, 2.75) is 30.3 Å². The van der Waals surface area contributed by atoms with Gasteiger partial charge in [0.25, 0.3) is 0 Å². The number of benzene rings is 3.